The molecule has 0 amide bonds. The molecule has 2 N–H and O–H groups in total. The van der Waals surface area contributed by atoms with Crippen molar-refractivity contribution in [3.05, 3.63) is 18.2 Å². The zero-order chi connectivity index (χ0) is 10.7. The molecule has 1 fully saturated rings. The molecule has 1 saturated heterocycles. The zero-order valence-corrected chi connectivity index (χ0v) is 9.83. The third-order valence-corrected chi connectivity index (χ3v) is 4.05. The van der Waals surface area contributed by atoms with Gasteiger partial charge in [0.2, 0.25) is 0 Å². The van der Waals surface area contributed by atoms with Gasteiger partial charge in [-0.1, -0.05) is 13.0 Å². The molecule has 1 aliphatic heterocycles. The van der Waals surface area contributed by atoms with E-state index in [2.05, 4.69) is 28.6 Å². The van der Waals surface area contributed by atoms with Gasteiger partial charge in [-0.05, 0) is 18.6 Å². The molecule has 2 heterocycles. The van der Waals surface area contributed by atoms with Gasteiger partial charge in [0.05, 0.1) is 0 Å². The molecule has 82 valence electrons. The van der Waals surface area contributed by atoms with Gasteiger partial charge in [-0.2, -0.15) is 11.8 Å². The van der Waals surface area contributed by atoms with Gasteiger partial charge in [-0.3, -0.25) is 0 Å². The number of hydrogen-bond donors (Lipinski definition) is 1. The quantitative estimate of drug-likeness (QED) is 0.832. The lowest BCUT2D eigenvalue weighted by atomic mass is 10.3. The number of thioether (sulfide) groups is 1. The van der Waals surface area contributed by atoms with Gasteiger partial charge in [-0.15, -0.1) is 0 Å². The van der Waals surface area contributed by atoms with Gasteiger partial charge in [-0.25, -0.2) is 4.98 Å². The van der Waals surface area contributed by atoms with Crippen molar-refractivity contribution in [2.75, 3.05) is 29.5 Å². The lowest BCUT2D eigenvalue weighted by molar-refractivity contribution is 0.720. The Morgan fingerprint density at radius 2 is 2.47 bits per heavy atom. The maximum Gasteiger partial charge on any atom is 0.131 e. The Hall–Kier alpha value is -0.900. The first-order valence-electron chi connectivity index (χ1n) is 5.38. The number of nitrogens with zero attached hydrogens (tertiary/aromatic N) is 2. The number of anilines is 2. The number of rotatable bonds is 2. The van der Waals surface area contributed by atoms with E-state index in [0.717, 1.165) is 24.2 Å². The van der Waals surface area contributed by atoms with Crippen molar-refractivity contribution >= 4 is 23.4 Å². The Morgan fingerprint density at radius 3 is 3.20 bits per heavy atom. The fraction of sp³-hybridized carbons (Fsp3) is 0.545. The molecule has 1 aromatic heterocycles. The molecule has 4 heteroatoms. The van der Waals surface area contributed by atoms with Crippen molar-refractivity contribution in [1.82, 2.24) is 4.98 Å². The van der Waals surface area contributed by atoms with Crippen LogP contribution in [0.4, 0.5) is 11.6 Å². The van der Waals surface area contributed by atoms with E-state index >= 15 is 0 Å². The second kappa shape index (κ2) is 4.75. The highest BCUT2D eigenvalue weighted by Gasteiger charge is 2.19. The van der Waals surface area contributed by atoms with E-state index in [4.69, 9.17) is 5.73 Å². The third-order valence-electron chi connectivity index (χ3n) is 2.67. The molecule has 15 heavy (non-hydrogen) atoms. The van der Waals surface area contributed by atoms with Crippen LogP contribution in [0.15, 0.2) is 18.2 Å². The van der Waals surface area contributed by atoms with Crippen LogP contribution in [0.25, 0.3) is 0 Å². The molecule has 0 aliphatic carbocycles. The topological polar surface area (TPSA) is 42.1 Å². The number of nitrogens with two attached hydrogens (primary N) is 1. The van der Waals surface area contributed by atoms with Crippen LogP contribution in [0, 0.1) is 0 Å². The predicted molar refractivity (Wildman–Crippen MR) is 67.4 cm³/mol. The van der Waals surface area contributed by atoms with Gasteiger partial charge in [0, 0.05) is 24.1 Å². The molecule has 0 bridgehead atoms. The van der Waals surface area contributed by atoms with Crippen LogP contribution in [0.3, 0.4) is 0 Å². The maximum atomic E-state index is 5.69. The first-order valence-corrected chi connectivity index (χ1v) is 6.43. The second-order valence-electron chi connectivity index (χ2n) is 3.77. The molecule has 0 aromatic carbocycles. The van der Waals surface area contributed by atoms with Gasteiger partial charge in [0.25, 0.3) is 0 Å². The fourth-order valence-corrected chi connectivity index (χ4v) is 2.97. The molecular formula is C11H17N3S. The summed E-state index contributed by atoms with van der Waals surface area (Å²) in [5.74, 6) is 2.82. The van der Waals surface area contributed by atoms with Crippen LogP contribution in [0.1, 0.15) is 13.3 Å². The van der Waals surface area contributed by atoms with E-state index in [1.54, 1.807) is 0 Å². The molecule has 1 aromatic rings. The Bertz CT molecular complexity index is 329. The van der Waals surface area contributed by atoms with E-state index in [1.165, 1.54) is 12.2 Å². The highest BCUT2D eigenvalue weighted by molar-refractivity contribution is 8.00. The SMILES string of the molecule is CCC1CN(c2cccc(N)n2)CCS1. The first kappa shape index (κ1) is 10.6. The van der Waals surface area contributed by atoms with E-state index in [9.17, 15) is 0 Å². The number of aromatic nitrogens is 1. The summed E-state index contributed by atoms with van der Waals surface area (Å²) in [7, 11) is 0. The monoisotopic (exact) mass is 223 g/mol. The van der Waals surface area contributed by atoms with Crippen molar-refractivity contribution in [1.29, 1.82) is 0 Å². The first-order chi connectivity index (χ1) is 7.29. The molecule has 0 radical (unpaired) electrons. The van der Waals surface area contributed by atoms with Crippen LogP contribution in [0.5, 0.6) is 0 Å². The van der Waals surface area contributed by atoms with Crippen LogP contribution >= 0.6 is 11.8 Å². The van der Waals surface area contributed by atoms with Gasteiger partial charge in [0.1, 0.15) is 11.6 Å². The highest BCUT2D eigenvalue weighted by atomic mass is 32.2. The van der Waals surface area contributed by atoms with E-state index in [0.29, 0.717) is 5.82 Å². The summed E-state index contributed by atoms with van der Waals surface area (Å²) in [5.41, 5.74) is 5.69. The van der Waals surface area contributed by atoms with Crippen molar-refractivity contribution < 1.29 is 0 Å². The lowest BCUT2D eigenvalue weighted by Crippen LogP contribution is -2.38. The average Bonchev–Trinajstić information content (AvgIpc) is 2.29. The average molecular weight is 223 g/mol. The fourth-order valence-electron chi connectivity index (χ4n) is 1.79. The summed E-state index contributed by atoms with van der Waals surface area (Å²) in [6.45, 7) is 4.42. The van der Waals surface area contributed by atoms with Crippen molar-refractivity contribution in [2.24, 2.45) is 0 Å². The molecule has 1 aliphatic rings. The van der Waals surface area contributed by atoms with Gasteiger partial charge in [0.15, 0.2) is 0 Å². The van der Waals surface area contributed by atoms with Crippen LogP contribution in [-0.4, -0.2) is 29.1 Å². The Balaban J connectivity index is 2.09. The maximum absolute atomic E-state index is 5.69. The molecule has 1 unspecified atom stereocenters. The molecule has 0 spiro atoms. The minimum Gasteiger partial charge on any atom is -0.384 e. The van der Waals surface area contributed by atoms with Crippen molar-refractivity contribution in [2.45, 2.75) is 18.6 Å². The van der Waals surface area contributed by atoms with Crippen molar-refractivity contribution in [3.63, 3.8) is 0 Å². The highest BCUT2D eigenvalue weighted by Crippen LogP contribution is 2.24. The summed E-state index contributed by atoms with van der Waals surface area (Å²) in [5, 5.41) is 0.738. The molecular weight excluding hydrogens is 206 g/mol. The molecule has 0 saturated carbocycles. The van der Waals surface area contributed by atoms with Crippen LogP contribution < -0.4 is 10.6 Å². The smallest absolute Gasteiger partial charge is 0.131 e. The Morgan fingerprint density at radius 1 is 1.60 bits per heavy atom. The Kier molecular flexibility index (Phi) is 3.36. The summed E-state index contributed by atoms with van der Waals surface area (Å²) in [4.78, 5) is 6.69. The predicted octanol–water partition coefficient (Wildman–Crippen LogP) is 2.00. The number of nitrogen functional groups attached to an aromatic ring is 1. The normalized spacial score (nSPS) is 21.7. The van der Waals surface area contributed by atoms with E-state index in [1.807, 2.05) is 18.2 Å². The van der Waals surface area contributed by atoms with Gasteiger partial charge >= 0.3 is 0 Å². The standard InChI is InChI=1S/C11H17N3S/c1-2-9-8-14(6-7-15-9)11-5-3-4-10(12)13-11/h3-5,9H,2,6-8H2,1H3,(H2,12,13). The van der Waals surface area contributed by atoms with E-state index in [-0.39, 0.29) is 0 Å². The van der Waals surface area contributed by atoms with Crippen molar-refractivity contribution in [3.8, 4) is 0 Å². The summed E-state index contributed by atoms with van der Waals surface area (Å²) in [6, 6.07) is 5.85. The Labute approximate surface area is 95.1 Å². The minimum absolute atomic E-state index is 0.610. The second-order valence-corrected chi connectivity index (χ2v) is 5.18. The summed E-state index contributed by atoms with van der Waals surface area (Å²) < 4.78 is 0. The summed E-state index contributed by atoms with van der Waals surface area (Å²) >= 11 is 2.07. The number of pyridine rings is 1. The van der Waals surface area contributed by atoms with Gasteiger partial charge < -0.3 is 10.6 Å². The number of hydrogen-bond acceptors (Lipinski definition) is 4. The lowest BCUT2D eigenvalue weighted by Gasteiger charge is -2.32. The summed E-state index contributed by atoms with van der Waals surface area (Å²) in [6.07, 6.45) is 1.23. The molecule has 2 rings (SSSR count). The van der Waals surface area contributed by atoms with E-state index < -0.39 is 0 Å². The minimum atomic E-state index is 0.610. The molecule has 1 atom stereocenters. The molecule has 3 nitrogen and oxygen atoms in total. The zero-order valence-electron chi connectivity index (χ0n) is 9.02. The third kappa shape index (κ3) is 2.56. The van der Waals surface area contributed by atoms with Crippen LogP contribution in [0.2, 0.25) is 0 Å². The largest absolute Gasteiger partial charge is 0.384 e. The van der Waals surface area contributed by atoms with Crippen LogP contribution in [-0.2, 0) is 0 Å².